The summed E-state index contributed by atoms with van der Waals surface area (Å²) >= 11 is 4.60. The fraction of sp³-hybridized carbons (Fsp3) is 0.182. The van der Waals surface area contributed by atoms with Crippen molar-refractivity contribution in [3.05, 3.63) is 41.3 Å². The van der Waals surface area contributed by atoms with Gasteiger partial charge in [0.05, 0.1) is 12.2 Å². The Hall–Kier alpha value is -1.37. The second-order valence-electron chi connectivity index (χ2n) is 3.48. The second-order valence-corrected chi connectivity index (χ2v) is 5.14. The molecule has 0 bridgehead atoms. The van der Waals surface area contributed by atoms with Crippen molar-refractivity contribution in [1.82, 2.24) is 15.0 Å². The number of aromatic nitrogens is 3. The van der Waals surface area contributed by atoms with Gasteiger partial charge in [-0.3, -0.25) is 0 Å². The number of halogens is 1. The summed E-state index contributed by atoms with van der Waals surface area (Å²) in [4.78, 5) is 12.2. The van der Waals surface area contributed by atoms with Gasteiger partial charge >= 0.3 is 5.16 Å². The van der Waals surface area contributed by atoms with E-state index in [9.17, 15) is 4.55 Å². The molecule has 0 aliphatic heterocycles. The third-order valence-corrected chi connectivity index (χ3v) is 3.04. The van der Waals surface area contributed by atoms with Gasteiger partial charge < -0.3 is 9.87 Å². The minimum Gasteiger partial charge on any atom is -0.609 e. The van der Waals surface area contributed by atoms with Crippen LogP contribution in [0.3, 0.4) is 0 Å². The number of hydrogen-bond acceptors (Lipinski definition) is 5. The Morgan fingerprint density at radius 1 is 1.33 bits per heavy atom. The van der Waals surface area contributed by atoms with Crippen molar-refractivity contribution in [3.63, 3.8) is 0 Å². The standard InChI is InChI=1S/C11H11ClN4OS/c1-18(17)11-13-6-5-10(16-11)14-7-8-3-2-4-9(12)15-8/h2-6H,7H2,1H3,(H,13,14,16). The first-order valence-corrected chi connectivity index (χ1v) is 7.10. The van der Waals surface area contributed by atoms with Crippen molar-refractivity contribution < 1.29 is 4.55 Å². The van der Waals surface area contributed by atoms with E-state index >= 15 is 0 Å². The Kier molecular flexibility index (Phi) is 4.35. The van der Waals surface area contributed by atoms with E-state index in [0.29, 0.717) is 22.7 Å². The van der Waals surface area contributed by atoms with Gasteiger partial charge in [0, 0.05) is 17.4 Å². The first-order chi connectivity index (χ1) is 8.65. The number of anilines is 1. The highest BCUT2D eigenvalue weighted by Gasteiger charge is 2.08. The van der Waals surface area contributed by atoms with E-state index < -0.39 is 11.2 Å². The lowest BCUT2D eigenvalue weighted by Crippen LogP contribution is -2.08. The van der Waals surface area contributed by atoms with E-state index in [-0.39, 0.29) is 0 Å². The molecular weight excluding hydrogens is 272 g/mol. The van der Waals surface area contributed by atoms with Crippen LogP contribution >= 0.6 is 11.6 Å². The minimum atomic E-state index is -1.19. The first kappa shape index (κ1) is 13.1. The molecule has 1 N–H and O–H groups in total. The smallest absolute Gasteiger partial charge is 0.344 e. The molecule has 0 amide bonds. The molecule has 0 aliphatic rings. The van der Waals surface area contributed by atoms with Crippen LogP contribution in [-0.2, 0) is 17.7 Å². The summed E-state index contributed by atoms with van der Waals surface area (Å²) in [6.07, 6.45) is 3.11. The van der Waals surface area contributed by atoms with Gasteiger partial charge in [-0.2, -0.15) is 9.97 Å². The van der Waals surface area contributed by atoms with Crippen LogP contribution < -0.4 is 5.32 Å². The van der Waals surface area contributed by atoms with E-state index in [1.165, 1.54) is 6.26 Å². The zero-order valence-electron chi connectivity index (χ0n) is 9.63. The molecule has 2 aromatic rings. The normalized spacial score (nSPS) is 12.2. The average Bonchev–Trinajstić information content (AvgIpc) is 2.37. The highest BCUT2D eigenvalue weighted by molar-refractivity contribution is 7.90. The fourth-order valence-corrected chi connectivity index (χ4v) is 1.93. The Morgan fingerprint density at radius 2 is 2.17 bits per heavy atom. The molecule has 0 radical (unpaired) electrons. The molecule has 2 aromatic heterocycles. The van der Waals surface area contributed by atoms with E-state index in [1.807, 2.05) is 12.1 Å². The molecule has 18 heavy (non-hydrogen) atoms. The predicted octanol–water partition coefficient (Wildman–Crippen LogP) is 1.87. The van der Waals surface area contributed by atoms with Crippen molar-refractivity contribution >= 4 is 28.6 Å². The monoisotopic (exact) mass is 282 g/mol. The van der Waals surface area contributed by atoms with Gasteiger partial charge in [-0.05, 0) is 18.2 Å². The summed E-state index contributed by atoms with van der Waals surface area (Å²) in [5, 5.41) is 3.83. The number of rotatable bonds is 4. The highest BCUT2D eigenvalue weighted by Crippen LogP contribution is 2.09. The summed E-state index contributed by atoms with van der Waals surface area (Å²) in [7, 11) is 0. The van der Waals surface area contributed by atoms with Gasteiger partial charge in [0.1, 0.15) is 17.2 Å². The third-order valence-electron chi connectivity index (χ3n) is 2.11. The molecule has 5 nitrogen and oxygen atoms in total. The lowest BCUT2D eigenvalue weighted by Gasteiger charge is -2.06. The number of nitrogens with one attached hydrogen (secondary N) is 1. The molecule has 1 atom stereocenters. The minimum absolute atomic E-state index is 0.305. The van der Waals surface area contributed by atoms with Crippen LogP contribution in [0.25, 0.3) is 0 Å². The summed E-state index contributed by atoms with van der Waals surface area (Å²) in [5.41, 5.74) is 0.806. The van der Waals surface area contributed by atoms with Crippen LogP contribution in [0.4, 0.5) is 5.82 Å². The lowest BCUT2D eigenvalue weighted by molar-refractivity contribution is 0.592. The maximum Gasteiger partial charge on any atom is 0.344 e. The van der Waals surface area contributed by atoms with Crippen molar-refractivity contribution in [2.24, 2.45) is 0 Å². The topological polar surface area (TPSA) is 73.8 Å². The molecule has 0 spiro atoms. The number of pyridine rings is 1. The molecule has 2 rings (SSSR count). The van der Waals surface area contributed by atoms with E-state index in [4.69, 9.17) is 11.6 Å². The van der Waals surface area contributed by atoms with E-state index in [1.54, 1.807) is 18.3 Å². The van der Waals surface area contributed by atoms with Crippen LogP contribution in [0.15, 0.2) is 35.6 Å². The number of nitrogens with zero attached hydrogens (tertiary/aromatic N) is 3. The van der Waals surface area contributed by atoms with Crippen LogP contribution in [0.2, 0.25) is 5.15 Å². The molecule has 0 fully saturated rings. The quantitative estimate of drug-likeness (QED) is 0.526. The Bertz CT molecular complexity index is 538. The van der Waals surface area contributed by atoms with Gasteiger partial charge in [-0.25, -0.2) is 4.98 Å². The molecule has 0 aromatic carbocycles. The maximum absolute atomic E-state index is 11.2. The fourth-order valence-electron chi connectivity index (χ4n) is 1.31. The Labute approximate surface area is 113 Å². The number of hydrogen-bond donors (Lipinski definition) is 1. The van der Waals surface area contributed by atoms with Gasteiger partial charge in [0.15, 0.2) is 0 Å². The van der Waals surface area contributed by atoms with Gasteiger partial charge in [-0.1, -0.05) is 17.7 Å². The van der Waals surface area contributed by atoms with Gasteiger partial charge in [0.25, 0.3) is 0 Å². The van der Waals surface area contributed by atoms with Crippen LogP contribution in [0.5, 0.6) is 0 Å². The Morgan fingerprint density at radius 3 is 2.89 bits per heavy atom. The summed E-state index contributed by atoms with van der Waals surface area (Å²) in [5.74, 6) is 0.608. The molecular formula is C11H11ClN4OS. The molecule has 7 heteroatoms. The lowest BCUT2D eigenvalue weighted by atomic mass is 10.3. The van der Waals surface area contributed by atoms with Crippen molar-refractivity contribution in [2.45, 2.75) is 11.7 Å². The summed E-state index contributed by atoms with van der Waals surface area (Å²) in [6.45, 7) is 0.493. The van der Waals surface area contributed by atoms with Crippen LogP contribution in [0.1, 0.15) is 5.69 Å². The first-order valence-electron chi connectivity index (χ1n) is 5.17. The summed E-state index contributed by atoms with van der Waals surface area (Å²) in [6, 6.07) is 7.12. The van der Waals surface area contributed by atoms with Crippen molar-refractivity contribution in [1.29, 1.82) is 0 Å². The zero-order valence-corrected chi connectivity index (χ0v) is 11.2. The van der Waals surface area contributed by atoms with Crippen LogP contribution in [0, 0.1) is 0 Å². The third kappa shape index (κ3) is 3.56. The molecule has 2 heterocycles. The van der Waals surface area contributed by atoms with E-state index in [0.717, 1.165) is 5.69 Å². The van der Waals surface area contributed by atoms with Crippen molar-refractivity contribution in [3.8, 4) is 0 Å². The van der Waals surface area contributed by atoms with Gasteiger partial charge in [-0.15, -0.1) is 0 Å². The second kappa shape index (κ2) is 5.99. The highest BCUT2D eigenvalue weighted by atomic mass is 35.5. The van der Waals surface area contributed by atoms with Crippen molar-refractivity contribution in [2.75, 3.05) is 11.6 Å². The van der Waals surface area contributed by atoms with Gasteiger partial charge in [0.2, 0.25) is 0 Å². The zero-order chi connectivity index (χ0) is 13.0. The largest absolute Gasteiger partial charge is 0.609 e. The predicted molar refractivity (Wildman–Crippen MR) is 70.9 cm³/mol. The van der Waals surface area contributed by atoms with Crippen LogP contribution in [-0.4, -0.2) is 25.8 Å². The SMILES string of the molecule is C[S+]([O-])c1nccc(NCc2cccc(Cl)n2)n1. The maximum atomic E-state index is 11.2. The molecule has 1 unspecified atom stereocenters. The van der Waals surface area contributed by atoms with E-state index in [2.05, 4.69) is 20.3 Å². The molecule has 94 valence electrons. The average molecular weight is 283 g/mol. The Balaban J connectivity index is 2.04. The molecule has 0 saturated carbocycles. The summed E-state index contributed by atoms with van der Waals surface area (Å²) < 4.78 is 11.2. The molecule has 0 saturated heterocycles. The molecule has 0 aliphatic carbocycles.